The highest BCUT2D eigenvalue weighted by molar-refractivity contribution is 6.08. The van der Waals surface area contributed by atoms with Gasteiger partial charge in [-0.2, -0.15) is 0 Å². The van der Waals surface area contributed by atoms with E-state index in [9.17, 15) is 43.2 Å². The van der Waals surface area contributed by atoms with Crippen LogP contribution in [0.1, 0.15) is 133 Å². The Morgan fingerprint density at radius 3 is 1.14 bits per heavy atom. The average molecular weight is 1390 g/mol. The first-order valence-corrected chi connectivity index (χ1v) is 33.7. The van der Waals surface area contributed by atoms with Gasteiger partial charge >= 0.3 is 0 Å². The number of carbonyl (C=O) groups is 9. The topological polar surface area (TPSA) is 247 Å². The van der Waals surface area contributed by atoms with Crippen molar-refractivity contribution in [1.82, 2.24) is 44.5 Å². The number of likely N-dealkylation sites (tertiary alicyclic amines) is 2. The molecule has 6 aromatic carbocycles. The van der Waals surface area contributed by atoms with E-state index in [1.807, 2.05) is 54.6 Å². The van der Waals surface area contributed by atoms with Gasteiger partial charge in [0.1, 0.15) is 55.1 Å². The van der Waals surface area contributed by atoms with Crippen molar-refractivity contribution in [2.75, 3.05) is 93.0 Å². The van der Waals surface area contributed by atoms with Gasteiger partial charge in [-0.1, -0.05) is 91.0 Å². The molecule has 0 bridgehead atoms. The molecule has 1 N–H and O–H groups in total. The highest BCUT2D eigenvalue weighted by Crippen LogP contribution is 2.38. The van der Waals surface area contributed by atoms with Crippen LogP contribution in [0.4, 0.5) is 0 Å². The summed E-state index contributed by atoms with van der Waals surface area (Å²) in [4.78, 5) is 124. The number of hydrogen-bond donors (Lipinski definition) is 1. The maximum absolute atomic E-state index is 13.4. The first-order chi connectivity index (χ1) is 52.8. The number of fused-ring (bicyclic) bond motifs is 3. The van der Waals surface area contributed by atoms with Crippen molar-refractivity contribution in [3.05, 3.63) is 194 Å². The van der Waals surface area contributed by atoms with Gasteiger partial charge in [0, 0.05) is 131 Å². The van der Waals surface area contributed by atoms with E-state index < -0.39 is 98.0 Å². The van der Waals surface area contributed by atoms with E-state index >= 15 is 0 Å². The van der Waals surface area contributed by atoms with Crippen LogP contribution < -0.4 is 19.5 Å². The standard InChI is InChI=1S/2C26H29N3O5.C25H27N3O5/c2*1-27-24(30)10-9-22(26(27)32)29-16-21-20(25(29)31)3-2-4-23(21)34-17-19-7-5-18(6-8-19)15-28-11-13-33-14-12-28;29-23-9-8-21(24(30)26-23)28-15-20-19(25(28)31)2-1-3-22(20)33-16-18-6-4-17(5-7-18)14-27-10-12-32-13-11-27/h2*2-8,22H,9-17H2,1H3;1-7,21H,8-16H2,(H,26,29,30)/t22-;;21-/m0.1/s1/i2*10D2,16D2,22D;. The van der Waals surface area contributed by atoms with E-state index in [0.717, 1.165) is 146 Å². The van der Waals surface area contributed by atoms with Crippen molar-refractivity contribution >= 4 is 53.2 Å². The number of rotatable bonds is 18. The molecule has 101 heavy (non-hydrogen) atoms. The Hall–Kier alpha value is -9.69. The molecule has 9 aliphatic rings. The largest absolute Gasteiger partial charge is 0.489 e. The molecule has 0 spiro atoms. The second-order valence-electron chi connectivity index (χ2n) is 25.5. The third-order valence-corrected chi connectivity index (χ3v) is 18.8. The molecular weight excluding hydrogens is 1290 g/mol. The fourth-order valence-corrected chi connectivity index (χ4v) is 12.9. The number of amides is 9. The molecule has 9 aliphatic heterocycles. The van der Waals surface area contributed by atoms with Crippen LogP contribution in [0.15, 0.2) is 127 Å². The number of morpholine rings is 3. The Labute approximate surface area is 600 Å². The van der Waals surface area contributed by atoms with Gasteiger partial charge in [0.15, 0.2) is 0 Å². The van der Waals surface area contributed by atoms with Crippen molar-refractivity contribution in [2.45, 2.75) is 116 Å². The smallest absolute Gasteiger partial charge is 0.255 e. The van der Waals surface area contributed by atoms with Crippen LogP contribution in [0, 0.1) is 0 Å². The third kappa shape index (κ3) is 16.2. The summed E-state index contributed by atoms with van der Waals surface area (Å²) < 4.78 is 119. The minimum absolute atomic E-state index is 0.0741. The van der Waals surface area contributed by atoms with Crippen LogP contribution in [-0.4, -0.2) is 203 Å². The Morgan fingerprint density at radius 1 is 0.436 bits per heavy atom. The number of imide groups is 3. The van der Waals surface area contributed by atoms with E-state index in [-0.39, 0.29) is 65.2 Å². The van der Waals surface area contributed by atoms with Crippen molar-refractivity contribution in [1.29, 1.82) is 0 Å². The molecule has 0 aromatic heterocycles. The molecule has 24 heteroatoms. The van der Waals surface area contributed by atoms with Crippen LogP contribution in [-0.2, 0) is 102 Å². The molecule has 0 radical (unpaired) electrons. The Bertz CT molecular complexity index is 4400. The molecule has 6 fully saturated rings. The fourth-order valence-electron chi connectivity index (χ4n) is 12.9. The molecule has 15 rings (SSSR count). The number of likely N-dealkylation sites (N-methyl/N-ethyl adjacent to an activating group) is 2. The fraction of sp³-hybridized carbons (Fsp3) is 0.416. The lowest BCUT2D eigenvalue weighted by molar-refractivity contribution is -0.151. The molecule has 6 saturated heterocycles. The summed E-state index contributed by atoms with van der Waals surface area (Å²) in [6.07, 6.45) is -6.67. The van der Waals surface area contributed by atoms with E-state index in [0.29, 0.717) is 50.5 Å². The molecule has 0 aliphatic carbocycles. The van der Waals surface area contributed by atoms with Crippen LogP contribution >= 0.6 is 0 Å². The molecule has 9 amide bonds. The van der Waals surface area contributed by atoms with Gasteiger partial charge in [-0.15, -0.1) is 0 Å². The monoisotopic (exact) mass is 1390 g/mol. The molecule has 9 heterocycles. The van der Waals surface area contributed by atoms with Gasteiger partial charge in [0.25, 0.3) is 29.5 Å². The van der Waals surface area contributed by atoms with Gasteiger partial charge in [0.2, 0.25) is 23.6 Å². The lowest BCUT2D eigenvalue weighted by Gasteiger charge is -2.33. The average Bonchev–Trinajstić information content (AvgIpc) is 1.58. The summed E-state index contributed by atoms with van der Waals surface area (Å²) in [6.45, 7) is 7.92. The SMILES string of the molecule is O=C1CC[C@@H](N2Cc3c(OCc4ccc(CN5CCOCC5)cc4)cccc3C2=O)C(=O)N1.[2H]C1([2H])CC([2H])(N2C(=O)c3cccc(OCc4ccc(CN5CCOCC5)cc4)c3C2([2H])[2H])C(=O)N(C)C1=O.[2H]C1([2H])C[C@]([2H])(N2C(=O)c3cccc(OCc4ccc(CN5CCOCC5)cc4)c3C2([2H])[2H])C(=O)N(C)C1=O. The number of hydrogen-bond acceptors (Lipinski definition) is 18. The van der Waals surface area contributed by atoms with Crippen LogP contribution in [0.5, 0.6) is 17.2 Å². The number of piperidine rings is 3. The zero-order valence-electron chi connectivity index (χ0n) is 66.2. The first kappa shape index (κ1) is 58.0. The normalized spacial score (nSPS) is 26.1. The number of nitrogens with one attached hydrogen (secondary N) is 1. The number of nitrogens with zero attached hydrogens (tertiary/aromatic N) is 8. The lowest BCUT2D eigenvalue weighted by atomic mass is 10.0. The number of ether oxygens (including phenoxy) is 6. The lowest BCUT2D eigenvalue weighted by Crippen LogP contribution is -2.53. The zero-order chi connectivity index (χ0) is 79.1. The van der Waals surface area contributed by atoms with Crippen molar-refractivity contribution in [3.8, 4) is 17.2 Å². The number of carbonyl (C=O) groups excluding carboxylic acids is 9. The summed E-state index contributed by atoms with van der Waals surface area (Å²) in [7, 11) is 2.05. The summed E-state index contributed by atoms with van der Waals surface area (Å²) >= 11 is 0. The summed E-state index contributed by atoms with van der Waals surface area (Å²) in [5.41, 5.74) is 7.12. The summed E-state index contributed by atoms with van der Waals surface area (Å²) in [5.74, 6) is -6.63. The van der Waals surface area contributed by atoms with Crippen molar-refractivity contribution in [3.63, 3.8) is 0 Å². The molecule has 1 unspecified atom stereocenters. The Kier molecular flexibility index (Phi) is 18.3. The van der Waals surface area contributed by atoms with E-state index in [1.165, 1.54) is 42.0 Å². The minimum Gasteiger partial charge on any atom is -0.489 e. The predicted molar refractivity (Wildman–Crippen MR) is 367 cm³/mol. The predicted octanol–water partition coefficient (Wildman–Crippen LogP) is 6.26. The van der Waals surface area contributed by atoms with Gasteiger partial charge in [-0.25, -0.2) is 0 Å². The number of benzene rings is 6. The van der Waals surface area contributed by atoms with Gasteiger partial charge < -0.3 is 43.1 Å². The highest BCUT2D eigenvalue weighted by atomic mass is 16.5. The summed E-state index contributed by atoms with van der Waals surface area (Å²) in [6, 6.07) is 32.3. The third-order valence-electron chi connectivity index (χ3n) is 18.8. The second kappa shape index (κ2) is 31.9. The van der Waals surface area contributed by atoms with Crippen LogP contribution in [0.2, 0.25) is 0 Å². The molecule has 0 saturated carbocycles. The van der Waals surface area contributed by atoms with Crippen LogP contribution in [0.3, 0.4) is 0 Å². The quantitative estimate of drug-likeness (QED) is 0.0933. The Morgan fingerprint density at radius 2 is 0.772 bits per heavy atom. The molecule has 528 valence electrons. The molecule has 6 aromatic rings. The zero-order valence-corrected chi connectivity index (χ0v) is 56.2. The maximum atomic E-state index is 13.4. The second-order valence-corrected chi connectivity index (χ2v) is 25.5. The highest BCUT2D eigenvalue weighted by Gasteiger charge is 2.45. The molecular formula is C77H85N9O15. The Balaban J connectivity index is 0.000000147. The van der Waals surface area contributed by atoms with Crippen LogP contribution in [0.25, 0.3) is 0 Å². The van der Waals surface area contributed by atoms with Gasteiger partial charge in [-0.05, 0) is 89.0 Å². The summed E-state index contributed by atoms with van der Waals surface area (Å²) in [5, 5.41) is 2.33. The van der Waals surface area contributed by atoms with Crippen molar-refractivity contribution < 1.29 is 85.3 Å². The first-order valence-electron chi connectivity index (χ1n) is 38.7. The van der Waals surface area contributed by atoms with E-state index in [2.05, 4.69) is 44.3 Å². The molecule has 3 atom stereocenters. The maximum Gasteiger partial charge on any atom is 0.255 e. The van der Waals surface area contributed by atoms with Gasteiger partial charge in [-0.3, -0.25) is 73.0 Å². The van der Waals surface area contributed by atoms with E-state index in [1.54, 1.807) is 17.0 Å². The van der Waals surface area contributed by atoms with E-state index in [4.69, 9.17) is 42.1 Å². The molecule has 24 nitrogen and oxygen atoms in total. The minimum atomic E-state index is -2.68. The van der Waals surface area contributed by atoms with Gasteiger partial charge in [0.05, 0.1) is 67.4 Å². The van der Waals surface area contributed by atoms with Crippen molar-refractivity contribution in [2.24, 2.45) is 0 Å².